The molecule has 2 spiro atoms. The topological polar surface area (TPSA) is 27.3 Å². The first-order chi connectivity index (χ1) is 52.0. The van der Waals surface area contributed by atoms with Crippen LogP contribution in [0.5, 0.6) is 0 Å². The monoisotopic (exact) mass is 1420 g/mol. The Kier molecular flexibility index (Phi) is 12.3. The van der Waals surface area contributed by atoms with E-state index in [9.17, 15) is 0 Å². The summed E-state index contributed by atoms with van der Waals surface area (Å²) in [4.78, 5) is 0. The minimum absolute atomic E-state index is 0.389. The van der Waals surface area contributed by atoms with Crippen LogP contribution in [0, 0.1) is 0 Å². The van der Waals surface area contributed by atoms with Gasteiger partial charge in [0.2, 0.25) is 0 Å². The van der Waals surface area contributed by atoms with Crippen LogP contribution in [0.25, 0.3) is 153 Å². The molecule has 106 heavy (non-hydrogen) atoms. The molecule has 0 atom stereocenters. The summed E-state index contributed by atoms with van der Waals surface area (Å²) in [5, 5.41) is 15.8. The van der Waals surface area contributed by atoms with Gasteiger partial charge in [-0.15, -0.1) is 0 Å². The third-order valence-corrected chi connectivity index (χ3v) is 25.7. The Labute approximate surface area is 621 Å². The van der Waals surface area contributed by atoms with E-state index in [0.29, 0.717) is 0 Å². The Balaban J connectivity index is 0.000000104. The highest BCUT2D eigenvalue weighted by Gasteiger charge is 2.56. The summed E-state index contributed by atoms with van der Waals surface area (Å²) >= 11 is 3.59. The minimum Gasteiger partial charge on any atom is -0.399 e. The molecule has 0 saturated carbocycles. The number of aromatic nitrogens is 2. The van der Waals surface area contributed by atoms with Crippen molar-refractivity contribution in [3.8, 4) is 55.6 Å². The van der Waals surface area contributed by atoms with Crippen molar-refractivity contribution in [1.29, 1.82) is 0 Å². The Hall–Kier alpha value is -11.9. The number of fused-ring (bicyclic) bond motifs is 36. The second kappa shape index (κ2) is 21.6. The molecule has 4 nitrogen and oxygen atoms in total. The number of hydrogen-bond acceptors (Lipinski definition) is 2. The second-order valence-electron chi connectivity index (χ2n) is 30.8. The van der Waals surface area contributed by atoms with Crippen molar-refractivity contribution >= 4 is 126 Å². The van der Waals surface area contributed by atoms with Crippen LogP contribution in [0.2, 0.25) is 0 Å². The van der Waals surface area contributed by atoms with Crippen LogP contribution in [0.3, 0.4) is 0 Å². The van der Waals surface area contributed by atoms with E-state index in [1.54, 1.807) is 0 Å². The molecule has 1 saturated heterocycles. The summed E-state index contributed by atoms with van der Waals surface area (Å²) in [6.07, 6.45) is 0. The van der Waals surface area contributed by atoms with Gasteiger partial charge in [-0.25, -0.2) is 0 Å². The quantitative estimate of drug-likeness (QED) is 0.161. The molecule has 498 valence electrons. The van der Waals surface area contributed by atoms with Crippen LogP contribution < -0.4 is 5.46 Å². The lowest BCUT2D eigenvalue weighted by Crippen LogP contribution is -2.41. The molecule has 0 amide bonds. The maximum atomic E-state index is 6.53. The predicted molar refractivity (Wildman–Crippen MR) is 445 cm³/mol. The molecule has 6 heteroatoms. The fraction of sp³-hybridized carbons (Fsp3) is 0.0800. The molecule has 0 radical (unpaired) electrons. The molecule has 0 bridgehead atoms. The molecule has 5 heterocycles. The van der Waals surface area contributed by atoms with E-state index in [1.807, 2.05) is 0 Å². The van der Waals surface area contributed by atoms with Crippen molar-refractivity contribution in [2.75, 3.05) is 0 Å². The predicted octanol–water partition coefficient (Wildman–Crippen LogP) is 25.1. The summed E-state index contributed by atoms with van der Waals surface area (Å²) in [5.41, 5.74) is 31.3. The second-order valence-corrected chi connectivity index (χ2v) is 31.7. The lowest BCUT2D eigenvalue weighted by molar-refractivity contribution is 0.00578. The summed E-state index contributed by atoms with van der Waals surface area (Å²) in [5.74, 6) is 0. The number of benzene rings is 16. The van der Waals surface area contributed by atoms with Gasteiger partial charge >= 0.3 is 7.12 Å². The van der Waals surface area contributed by atoms with Gasteiger partial charge in [-0.2, -0.15) is 0 Å². The highest BCUT2D eigenvalue weighted by atomic mass is 79.9. The number of para-hydroxylation sites is 4. The van der Waals surface area contributed by atoms with E-state index < -0.39 is 17.9 Å². The SMILES string of the molecule is Brc1ccc2c(c1)c1cccc3c4ccccc4n2c31.CC1(C)OB(c2ccc3c(c2)C2(c4ccccc4-c4ccccc42)c2c-3ccc3ccccc23)OC1(C)C.c1ccc2c(c1)-c1ccccc1C21c2cc(-c3ccc4c(c3)c3cccc5c6ccccc6n4c53)ccc2-c2ccc3ccccc3c21. The number of rotatable bonds is 2. The van der Waals surface area contributed by atoms with Gasteiger partial charge < -0.3 is 18.1 Å². The maximum absolute atomic E-state index is 6.53. The first kappa shape index (κ1) is 60.5. The normalized spacial score (nSPS) is 15.4. The summed E-state index contributed by atoms with van der Waals surface area (Å²) < 4.78 is 19.0. The van der Waals surface area contributed by atoms with Crippen LogP contribution in [-0.2, 0) is 20.1 Å². The van der Waals surface area contributed by atoms with Gasteiger partial charge in [0.15, 0.2) is 0 Å². The van der Waals surface area contributed by atoms with Gasteiger partial charge in [-0.1, -0.05) is 295 Å². The van der Waals surface area contributed by atoms with Crippen LogP contribution in [0.15, 0.2) is 332 Å². The van der Waals surface area contributed by atoms with Gasteiger partial charge in [0.05, 0.1) is 55.1 Å². The Morgan fingerprint density at radius 1 is 0.264 bits per heavy atom. The smallest absolute Gasteiger partial charge is 0.399 e. The van der Waals surface area contributed by atoms with E-state index in [1.165, 1.54) is 198 Å². The zero-order valence-corrected chi connectivity index (χ0v) is 60.4. The van der Waals surface area contributed by atoms with Crippen LogP contribution in [0.1, 0.15) is 72.2 Å². The van der Waals surface area contributed by atoms with E-state index in [0.717, 1.165) is 9.94 Å². The van der Waals surface area contributed by atoms with Gasteiger partial charge in [0.1, 0.15) is 0 Å². The molecule has 16 aromatic carbocycles. The molecule has 0 N–H and O–H groups in total. The number of halogens is 1. The maximum Gasteiger partial charge on any atom is 0.494 e. The molecule has 25 rings (SSSR count). The molecule has 1 fully saturated rings. The third kappa shape index (κ3) is 7.80. The zero-order valence-electron chi connectivity index (χ0n) is 58.8. The van der Waals surface area contributed by atoms with E-state index in [2.05, 4.69) is 380 Å². The highest BCUT2D eigenvalue weighted by Crippen LogP contribution is 2.66. The van der Waals surface area contributed by atoms with Gasteiger partial charge in [-0.3, -0.25) is 0 Å². The van der Waals surface area contributed by atoms with Crippen molar-refractivity contribution in [2.24, 2.45) is 0 Å². The lowest BCUT2D eigenvalue weighted by atomic mass is 9.67. The average Bonchev–Trinajstić information content (AvgIpc) is 1.51. The summed E-state index contributed by atoms with van der Waals surface area (Å²) in [7, 11) is -0.408. The van der Waals surface area contributed by atoms with Crippen LogP contribution in [-0.4, -0.2) is 27.1 Å². The Morgan fingerprint density at radius 2 is 0.613 bits per heavy atom. The van der Waals surface area contributed by atoms with Crippen molar-refractivity contribution in [2.45, 2.75) is 49.7 Å². The van der Waals surface area contributed by atoms with Crippen LogP contribution >= 0.6 is 15.9 Å². The molecule has 4 aromatic heterocycles. The largest absolute Gasteiger partial charge is 0.494 e. The van der Waals surface area contributed by atoms with Crippen molar-refractivity contribution in [3.05, 3.63) is 377 Å². The van der Waals surface area contributed by atoms with E-state index in [-0.39, 0.29) is 11.2 Å². The van der Waals surface area contributed by atoms with Gasteiger partial charge in [0.25, 0.3) is 0 Å². The third-order valence-electron chi connectivity index (χ3n) is 25.2. The molecule has 4 aliphatic carbocycles. The minimum atomic E-state index is -0.408. The van der Waals surface area contributed by atoms with Crippen LogP contribution in [0.4, 0.5) is 0 Å². The van der Waals surface area contributed by atoms with Crippen molar-refractivity contribution in [3.63, 3.8) is 0 Å². The first-order valence-electron chi connectivity index (χ1n) is 37.1. The molecular weight excluding hydrogens is 1350 g/mol. The number of hydrogen-bond donors (Lipinski definition) is 0. The highest BCUT2D eigenvalue weighted by molar-refractivity contribution is 9.10. The fourth-order valence-corrected chi connectivity index (χ4v) is 20.5. The summed E-state index contributed by atoms with van der Waals surface area (Å²) in [6, 6.07) is 122. The Morgan fingerprint density at radius 3 is 1.11 bits per heavy atom. The van der Waals surface area contributed by atoms with Crippen molar-refractivity contribution < 1.29 is 9.31 Å². The van der Waals surface area contributed by atoms with E-state index >= 15 is 0 Å². The molecule has 0 unspecified atom stereocenters. The molecule has 20 aromatic rings. The van der Waals surface area contributed by atoms with Crippen molar-refractivity contribution in [1.82, 2.24) is 8.80 Å². The molecule has 1 aliphatic heterocycles. The zero-order chi connectivity index (χ0) is 70.3. The van der Waals surface area contributed by atoms with Gasteiger partial charge in [0, 0.05) is 47.6 Å². The first-order valence-corrected chi connectivity index (χ1v) is 37.9. The summed E-state index contributed by atoms with van der Waals surface area (Å²) in [6.45, 7) is 8.47. The number of nitrogens with zero attached hydrogens (tertiary/aromatic N) is 2. The average molecular weight is 1420 g/mol. The standard InChI is InChI=1S/C47H27N.C35H29BO2.C18H10BrN/c1-2-11-31-28(10-1)20-24-36-34-23-21-30(27-42(34)47(45(31)36)40-17-6-3-12-32(40)33-13-4-7-18-41(33)47)29-22-25-44-39(26-29)38-16-9-15-37-35-14-5-8-19-43(35)48(44)46(37)38;1-33(2)34(3,4)38-36(37-33)23-18-20-27-28-19-17-22-11-5-6-12-24(22)32(28)35(31(27)21-23)29-15-9-7-13-25(29)26-14-8-10-16-30(26)35;19-11-8-9-17-15(10-11)14-6-3-5-13-12-4-1-2-7-16(12)20(17)18(13)14/h1-27H;5-21H,1-4H3;1-10H. The lowest BCUT2D eigenvalue weighted by Gasteiger charge is -2.32. The molecule has 5 aliphatic rings. The Bertz CT molecular complexity index is 7110. The van der Waals surface area contributed by atoms with E-state index in [4.69, 9.17) is 9.31 Å². The fourth-order valence-electron chi connectivity index (χ4n) is 20.2. The van der Waals surface area contributed by atoms with Gasteiger partial charge in [-0.05, 0) is 203 Å². The molecular formula is C100H66BBrN2O2.